The average molecular weight is 208 g/mol. The molecule has 0 bridgehead atoms. The largest absolute Gasteiger partial charge is 0.503 e. The van der Waals surface area contributed by atoms with Gasteiger partial charge in [0.05, 0.1) is 6.61 Å². The Balaban J connectivity index is 0. The smallest absolute Gasteiger partial charge is 0.464 e. The molecule has 0 aliphatic carbocycles. The van der Waals surface area contributed by atoms with Gasteiger partial charge in [-0.25, -0.2) is 9.59 Å². The van der Waals surface area contributed by atoms with E-state index in [1.54, 1.807) is 0 Å². The maximum atomic E-state index is 10.5. The second-order valence-electron chi connectivity index (χ2n) is 2.48. The zero-order chi connectivity index (χ0) is 11.6. The summed E-state index contributed by atoms with van der Waals surface area (Å²) in [4.78, 5) is 19.1. The number of carboxylic acid groups (broad SMARTS) is 2. The maximum absolute atomic E-state index is 10.5. The molecule has 84 valence electrons. The van der Waals surface area contributed by atoms with Crippen LogP contribution in [0.5, 0.6) is 0 Å². The van der Waals surface area contributed by atoms with E-state index in [2.05, 4.69) is 4.74 Å². The monoisotopic (exact) mass is 208 g/mol. The highest BCUT2D eigenvalue weighted by molar-refractivity contribution is 5.73. The Bertz CT molecular complexity index is 161. The number of carbonyl (C=O) groups is 2. The molecular formula is C8H16O6. The molecule has 0 aromatic heterocycles. The molecule has 0 fully saturated rings. The van der Waals surface area contributed by atoms with E-state index in [1.807, 2.05) is 6.92 Å². The van der Waals surface area contributed by atoms with Crippen LogP contribution in [0.3, 0.4) is 0 Å². The van der Waals surface area contributed by atoms with Crippen molar-refractivity contribution in [2.75, 3.05) is 6.61 Å². The van der Waals surface area contributed by atoms with Crippen molar-refractivity contribution in [1.82, 2.24) is 0 Å². The van der Waals surface area contributed by atoms with E-state index in [-0.39, 0.29) is 0 Å². The van der Waals surface area contributed by atoms with Gasteiger partial charge in [0.1, 0.15) is 6.10 Å². The third-order valence-electron chi connectivity index (χ3n) is 1.08. The number of aliphatic hydroxyl groups excluding tert-OH is 1. The van der Waals surface area contributed by atoms with Crippen LogP contribution in [-0.4, -0.2) is 40.2 Å². The van der Waals surface area contributed by atoms with Crippen molar-refractivity contribution < 1.29 is 29.6 Å². The molecule has 14 heavy (non-hydrogen) atoms. The van der Waals surface area contributed by atoms with E-state index < -0.39 is 18.2 Å². The molecule has 0 rings (SSSR count). The lowest BCUT2D eigenvalue weighted by atomic mass is 10.3. The van der Waals surface area contributed by atoms with Gasteiger partial charge >= 0.3 is 12.1 Å². The first-order valence-electron chi connectivity index (χ1n) is 4.18. The molecule has 0 aromatic rings. The van der Waals surface area contributed by atoms with Crippen LogP contribution in [0.15, 0.2) is 0 Å². The molecule has 1 atom stereocenters. The molecule has 1 unspecified atom stereocenters. The predicted octanol–water partition coefficient (Wildman–Crippen LogP) is 0.933. The van der Waals surface area contributed by atoms with Gasteiger partial charge in [-0.15, -0.1) is 0 Å². The summed E-state index contributed by atoms with van der Waals surface area (Å²) >= 11 is 0. The lowest BCUT2D eigenvalue weighted by molar-refractivity contribution is -0.152. The Morgan fingerprint density at radius 1 is 1.36 bits per heavy atom. The zero-order valence-electron chi connectivity index (χ0n) is 8.27. The molecule has 0 aliphatic rings. The van der Waals surface area contributed by atoms with Crippen LogP contribution in [0, 0.1) is 0 Å². The van der Waals surface area contributed by atoms with Crippen molar-refractivity contribution >= 4 is 12.1 Å². The molecule has 0 amide bonds. The molecule has 0 aliphatic heterocycles. The predicted molar refractivity (Wildman–Crippen MR) is 48.2 cm³/mol. The Labute approximate surface area is 82.1 Å². The number of carbonyl (C=O) groups excluding carboxylic acids is 1. The van der Waals surface area contributed by atoms with Crippen molar-refractivity contribution in [3.63, 3.8) is 0 Å². The molecule has 6 heteroatoms. The zero-order valence-corrected chi connectivity index (χ0v) is 8.27. The number of esters is 1. The summed E-state index contributed by atoms with van der Waals surface area (Å²) in [6, 6.07) is 0. The minimum atomic E-state index is -1.83. The number of aliphatic hydroxyl groups is 1. The van der Waals surface area contributed by atoms with Crippen LogP contribution in [0.1, 0.15) is 26.7 Å². The van der Waals surface area contributed by atoms with Crippen LogP contribution in [-0.2, 0) is 9.53 Å². The highest BCUT2D eigenvalue weighted by atomic mass is 16.6. The highest BCUT2D eigenvalue weighted by Crippen LogP contribution is 1.91. The summed E-state index contributed by atoms with van der Waals surface area (Å²) in [5.74, 6) is -0.534. The van der Waals surface area contributed by atoms with E-state index in [4.69, 9.17) is 20.1 Å². The lowest BCUT2D eigenvalue weighted by Gasteiger charge is -2.04. The fourth-order valence-corrected chi connectivity index (χ4v) is 0.438. The SMILES string of the molecule is CCCCOC(=O)C(C)O.O=C(O)O. The first kappa shape index (κ1) is 15.2. The van der Waals surface area contributed by atoms with Crippen molar-refractivity contribution in [3.8, 4) is 0 Å². The van der Waals surface area contributed by atoms with Crippen molar-refractivity contribution in [3.05, 3.63) is 0 Å². The Kier molecular flexibility index (Phi) is 10.6. The number of hydrogen-bond donors (Lipinski definition) is 3. The molecule has 0 heterocycles. The van der Waals surface area contributed by atoms with Gasteiger partial charge in [-0.3, -0.25) is 0 Å². The fraction of sp³-hybridized carbons (Fsp3) is 0.750. The molecule has 6 nitrogen and oxygen atoms in total. The van der Waals surface area contributed by atoms with Gasteiger partial charge in [-0.1, -0.05) is 13.3 Å². The quantitative estimate of drug-likeness (QED) is 0.469. The summed E-state index contributed by atoms with van der Waals surface area (Å²) in [6.07, 6.45) is -0.970. The third kappa shape index (κ3) is 17.0. The molecule has 0 spiro atoms. The van der Waals surface area contributed by atoms with Crippen molar-refractivity contribution in [1.29, 1.82) is 0 Å². The maximum Gasteiger partial charge on any atom is 0.503 e. The average Bonchev–Trinajstić information content (AvgIpc) is 2.03. The van der Waals surface area contributed by atoms with Crippen molar-refractivity contribution in [2.24, 2.45) is 0 Å². The molecular weight excluding hydrogens is 192 g/mol. The van der Waals surface area contributed by atoms with Gasteiger partial charge in [-0.05, 0) is 13.3 Å². The lowest BCUT2D eigenvalue weighted by Crippen LogP contribution is -2.19. The first-order chi connectivity index (χ1) is 6.41. The van der Waals surface area contributed by atoms with Crippen LogP contribution in [0.4, 0.5) is 4.79 Å². The first-order valence-corrected chi connectivity index (χ1v) is 4.18. The van der Waals surface area contributed by atoms with Crippen molar-refractivity contribution in [2.45, 2.75) is 32.8 Å². The van der Waals surface area contributed by atoms with Gasteiger partial charge < -0.3 is 20.1 Å². The minimum absolute atomic E-state index is 0.417. The van der Waals surface area contributed by atoms with Gasteiger partial charge in [0.2, 0.25) is 0 Å². The van der Waals surface area contributed by atoms with E-state index in [0.29, 0.717) is 6.61 Å². The van der Waals surface area contributed by atoms with Gasteiger partial charge in [0.15, 0.2) is 0 Å². The Hall–Kier alpha value is -1.30. The normalized spacial score (nSPS) is 10.8. The Morgan fingerprint density at radius 2 is 1.79 bits per heavy atom. The fourth-order valence-electron chi connectivity index (χ4n) is 0.438. The van der Waals surface area contributed by atoms with Gasteiger partial charge in [0.25, 0.3) is 0 Å². The van der Waals surface area contributed by atoms with E-state index in [9.17, 15) is 4.79 Å². The number of unbranched alkanes of at least 4 members (excludes halogenated alkanes) is 1. The van der Waals surface area contributed by atoms with E-state index >= 15 is 0 Å². The molecule has 0 saturated carbocycles. The minimum Gasteiger partial charge on any atom is -0.464 e. The standard InChI is InChI=1S/C7H14O3.CH2O3/c1-3-4-5-10-7(9)6(2)8;2-1(3)4/h6,8H,3-5H2,1-2H3;(H2,2,3,4). The summed E-state index contributed by atoms with van der Waals surface area (Å²) < 4.78 is 4.65. The van der Waals surface area contributed by atoms with Crippen LogP contribution in [0.2, 0.25) is 0 Å². The van der Waals surface area contributed by atoms with Crippen LogP contribution >= 0.6 is 0 Å². The van der Waals surface area contributed by atoms with E-state index in [0.717, 1.165) is 12.8 Å². The number of rotatable bonds is 4. The number of ether oxygens (including phenoxy) is 1. The second kappa shape index (κ2) is 9.79. The second-order valence-corrected chi connectivity index (χ2v) is 2.48. The summed E-state index contributed by atoms with van der Waals surface area (Å²) in [6.45, 7) is 3.82. The number of hydrogen-bond acceptors (Lipinski definition) is 4. The van der Waals surface area contributed by atoms with Crippen LogP contribution in [0.25, 0.3) is 0 Å². The molecule has 0 aromatic carbocycles. The molecule has 0 radical (unpaired) electrons. The Morgan fingerprint density at radius 3 is 2.07 bits per heavy atom. The molecule has 3 N–H and O–H groups in total. The summed E-state index contributed by atoms with van der Waals surface area (Å²) in [5.41, 5.74) is 0. The highest BCUT2D eigenvalue weighted by Gasteiger charge is 2.08. The third-order valence-corrected chi connectivity index (χ3v) is 1.08. The van der Waals surface area contributed by atoms with Gasteiger partial charge in [-0.2, -0.15) is 0 Å². The topological polar surface area (TPSA) is 104 Å². The summed E-state index contributed by atoms with van der Waals surface area (Å²) in [7, 11) is 0. The van der Waals surface area contributed by atoms with Gasteiger partial charge in [0, 0.05) is 0 Å². The molecule has 0 saturated heterocycles. The summed E-state index contributed by atoms with van der Waals surface area (Å²) in [5, 5.41) is 22.6. The van der Waals surface area contributed by atoms with Crippen LogP contribution < -0.4 is 0 Å². The van der Waals surface area contributed by atoms with E-state index in [1.165, 1.54) is 6.92 Å².